The average molecular weight is 193 g/mol. The molecule has 0 saturated heterocycles. The van der Waals surface area contributed by atoms with Crippen LogP contribution in [-0.2, 0) is 7.05 Å². The van der Waals surface area contributed by atoms with Crippen molar-refractivity contribution in [2.24, 2.45) is 7.05 Å². The van der Waals surface area contributed by atoms with Crippen molar-refractivity contribution in [1.29, 1.82) is 0 Å². The lowest BCUT2D eigenvalue weighted by atomic mass is 10.1. The summed E-state index contributed by atoms with van der Waals surface area (Å²) in [6.07, 6.45) is 0.437. The third-order valence-corrected chi connectivity index (χ3v) is 2.43. The van der Waals surface area contributed by atoms with Crippen LogP contribution in [0.25, 0.3) is 10.9 Å². The van der Waals surface area contributed by atoms with E-state index in [1.165, 1.54) is 0 Å². The summed E-state index contributed by atoms with van der Waals surface area (Å²) < 4.78 is 15.2. The van der Waals surface area contributed by atoms with Crippen LogP contribution in [0.15, 0.2) is 30.5 Å². The number of hydrogen-bond acceptors (Lipinski definition) is 1. The first-order valence-electron chi connectivity index (χ1n) is 4.53. The Bertz CT molecular complexity index is 449. The zero-order valence-electron chi connectivity index (χ0n) is 7.94. The van der Waals surface area contributed by atoms with Crippen molar-refractivity contribution in [3.63, 3.8) is 0 Å². The van der Waals surface area contributed by atoms with Gasteiger partial charge in [0.1, 0.15) is 0 Å². The largest absolute Gasteiger partial charge is 0.393 e. The minimum atomic E-state index is -1.29. The van der Waals surface area contributed by atoms with Crippen LogP contribution in [-0.4, -0.2) is 16.3 Å². The fourth-order valence-corrected chi connectivity index (χ4v) is 1.72. The van der Waals surface area contributed by atoms with E-state index >= 15 is 0 Å². The van der Waals surface area contributed by atoms with Crippen molar-refractivity contribution in [2.75, 3.05) is 6.61 Å². The predicted molar refractivity (Wildman–Crippen MR) is 53.9 cm³/mol. The van der Waals surface area contributed by atoms with Gasteiger partial charge in [0.2, 0.25) is 0 Å². The summed E-state index contributed by atoms with van der Waals surface area (Å²) in [7, 11) is 1.87. The highest BCUT2D eigenvalue weighted by Gasteiger charge is 2.14. The number of alkyl halides is 1. The van der Waals surface area contributed by atoms with Crippen molar-refractivity contribution in [2.45, 2.75) is 6.17 Å². The molecule has 2 nitrogen and oxygen atoms in total. The topological polar surface area (TPSA) is 25.2 Å². The van der Waals surface area contributed by atoms with E-state index < -0.39 is 12.8 Å². The van der Waals surface area contributed by atoms with Crippen molar-refractivity contribution in [3.05, 3.63) is 36.0 Å². The molecule has 0 aliphatic carbocycles. The van der Waals surface area contributed by atoms with Gasteiger partial charge in [0.15, 0.2) is 6.17 Å². The molecule has 1 unspecified atom stereocenters. The molecule has 3 heteroatoms. The molecule has 0 aliphatic heterocycles. The molecule has 74 valence electrons. The Hall–Kier alpha value is -1.35. The number of aliphatic hydroxyl groups excluding tert-OH is 1. The average Bonchev–Trinajstić information content (AvgIpc) is 2.56. The second-order valence-electron chi connectivity index (χ2n) is 3.36. The Morgan fingerprint density at radius 2 is 2.14 bits per heavy atom. The molecule has 1 atom stereocenters. The molecule has 0 saturated carbocycles. The van der Waals surface area contributed by atoms with Gasteiger partial charge in [-0.2, -0.15) is 0 Å². The number of nitrogens with zero attached hydrogens (tertiary/aromatic N) is 1. The summed E-state index contributed by atoms with van der Waals surface area (Å²) in [6.45, 7) is -0.464. The number of aromatic nitrogens is 1. The molecule has 14 heavy (non-hydrogen) atoms. The van der Waals surface area contributed by atoms with Gasteiger partial charge in [0.25, 0.3) is 0 Å². The molecular formula is C11H12FNO. The van der Waals surface area contributed by atoms with Crippen molar-refractivity contribution >= 4 is 10.9 Å². The maximum absolute atomic E-state index is 13.3. The van der Waals surface area contributed by atoms with E-state index in [9.17, 15) is 4.39 Å². The molecule has 0 bridgehead atoms. The fraction of sp³-hybridized carbons (Fsp3) is 0.273. The normalized spacial score (nSPS) is 13.4. The first-order valence-corrected chi connectivity index (χ1v) is 4.53. The maximum atomic E-state index is 13.3. The minimum Gasteiger partial charge on any atom is -0.393 e. The van der Waals surface area contributed by atoms with E-state index in [2.05, 4.69) is 0 Å². The maximum Gasteiger partial charge on any atom is 0.150 e. The lowest BCUT2D eigenvalue weighted by Gasteiger charge is -2.01. The summed E-state index contributed by atoms with van der Waals surface area (Å²) in [5.41, 5.74) is 1.55. The summed E-state index contributed by atoms with van der Waals surface area (Å²) in [5, 5.41) is 9.64. The monoisotopic (exact) mass is 193 g/mol. The van der Waals surface area contributed by atoms with Gasteiger partial charge < -0.3 is 9.67 Å². The molecule has 2 rings (SSSR count). The lowest BCUT2D eigenvalue weighted by molar-refractivity contribution is 0.181. The summed E-state index contributed by atoms with van der Waals surface area (Å²) in [6, 6.07) is 7.59. The zero-order valence-corrected chi connectivity index (χ0v) is 7.94. The minimum absolute atomic E-state index is 0.464. The number of halogens is 1. The first-order chi connectivity index (χ1) is 6.74. The molecular weight excluding hydrogens is 181 g/mol. The molecule has 0 fully saturated rings. The van der Waals surface area contributed by atoms with Crippen LogP contribution >= 0.6 is 0 Å². The predicted octanol–water partition coefficient (Wildman–Crippen LogP) is 2.18. The van der Waals surface area contributed by atoms with Crippen LogP contribution < -0.4 is 0 Å². The van der Waals surface area contributed by atoms with Gasteiger partial charge in [-0.15, -0.1) is 0 Å². The number of para-hydroxylation sites is 1. The van der Waals surface area contributed by atoms with Gasteiger partial charge in [0.05, 0.1) is 6.61 Å². The van der Waals surface area contributed by atoms with Crippen LogP contribution in [0, 0.1) is 0 Å². The van der Waals surface area contributed by atoms with Gasteiger partial charge >= 0.3 is 0 Å². The van der Waals surface area contributed by atoms with E-state index in [0.29, 0.717) is 5.56 Å². The van der Waals surface area contributed by atoms with E-state index in [1.54, 1.807) is 6.20 Å². The standard InChI is InChI=1S/C11H12FNO/c1-13-6-9(10(12)7-14)8-4-2-3-5-11(8)13/h2-6,10,14H,7H2,1H3. The number of hydrogen-bond donors (Lipinski definition) is 1. The molecule has 0 spiro atoms. The van der Waals surface area contributed by atoms with E-state index in [0.717, 1.165) is 10.9 Å². The van der Waals surface area contributed by atoms with Crippen LogP contribution in [0.2, 0.25) is 0 Å². The number of aryl methyl sites for hydroxylation is 1. The Labute approximate surface area is 81.6 Å². The Morgan fingerprint density at radius 3 is 2.86 bits per heavy atom. The highest BCUT2D eigenvalue weighted by atomic mass is 19.1. The SMILES string of the molecule is Cn1cc(C(F)CO)c2ccccc21. The molecule has 1 N–H and O–H groups in total. The Balaban J connectivity index is 2.66. The number of fused-ring (bicyclic) bond motifs is 1. The molecule has 0 aliphatic rings. The van der Waals surface area contributed by atoms with Gasteiger partial charge in [-0.05, 0) is 6.07 Å². The summed E-state index contributed by atoms with van der Waals surface area (Å²) >= 11 is 0. The van der Waals surface area contributed by atoms with E-state index in [1.807, 2.05) is 35.9 Å². The van der Waals surface area contributed by atoms with Crippen LogP contribution in [0.4, 0.5) is 4.39 Å². The highest BCUT2D eigenvalue weighted by Crippen LogP contribution is 2.27. The number of rotatable bonds is 2. The smallest absolute Gasteiger partial charge is 0.150 e. The number of benzene rings is 1. The van der Waals surface area contributed by atoms with Gasteiger partial charge in [-0.1, -0.05) is 18.2 Å². The van der Waals surface area contributed by atoms with Crippen LogP contribution in [0.3, 0.4) is 0 Å². The van der Waals surface area contributed by atoms with Gasteiger partial charge in [-0.25, -0.2) is 4.39 Å². The lowest BCUT2D eigenvalue weighted by Crippen LogP contribution is -1.95. The van der Waals surface area contributed by atoms with Crippen LogP contribution in [0.1, 0.15) is 11.7 Å². The molecule has 1 aromatic heterocycles. The summed E-state index contributed by atoms with van der Waals surface area (Å²) in [5.74, 6) is 0. The van der Waals surface area contributed by atoms with E-state index in [4.69, 9.17) is 5.11 Å². The molecule has 2 aromatic rings. The molecule has 0 amide bonds. The first kappa shape index (κ1) is 9.21. The third-order valence-electron chi connectivity index (χ3n) is 2.43. The Morgan fingerprint density at radius 1 is 1.43 bits per heavy atom. The molecule has 1 aromatic carbocycles. The Kier molecular flexibility index (Phi) is 2.25. The van der Waals surface area contributed by atoms with Crippen molar-refractivity contribution in [3.8, 4) is 0 Å². The fourth-order valence-electron chi connectivity index (χ4n) is 1.72. The third kappa shape index (κ3) is 1.30. The van der Waals surface area contributed by atoms with Gasteiger partial charge in [-0.3, -0.25) is 0 Å². The van der Waals surface area contributed by atoms with Crippen LogP contribution in [0.5, 0.6) is 0 Å². The second kappa shape index (κ2) is 3.42. The quantitative estimate of drug-likeness (QED) is 0.777. The highest BCUT2D eigenvalue weighted by molar-refractivity contribution is 5.84. The van der Waals surface area contributed by atoms with Crippen molar-refractivity contribution in [1.82, 2.24) is 4.57 Å². The summed E-state index contributed by atoms with van der Waals surface area (Å²) in [4.78, 5) is 0. The van der Waals surface area contributed by atoms with E-state index in [-0.39, 0.29) is 0 Å². The van der Waals surface area contributed by atoms with Gasteiger partial charge in [0, 0.05) is 29.7 Å². The second-order valence-corrected chi connectivity index (χ2v) is 3.36. The zero-order chi connectivity index (χ0) is 10.1. The molecule has 1 heterocycles. The van der Waals surface area contributed by atoms with Crippen molar-refractivity contribution < 1.29 is 9.50 Å². The molecule has 0 radical (unpaired) electrons. The number of aliphatic hydroxyl groups is 1.